The van der Waals surface area contributed by atoms with Crippen molar-refractivity contribution in [3.05, 3.63) is 0 Å². The molecule has 10 nitrogen and oxygen atoms in total. The third kappa shape index (κ3) is 18.3. The molecule has 0 atom stereocenters. The maximum atomic E-state index is 11.6. The molecule has 10 heteroatoms. The van der Waals surface area contributed by atoms with Gasteiger partial charge in [-0.3, -0.25) is 19.2 Å². The SMILES string of the molecule is CCOC(=O)CCOCC(COCCC(C)=O)(COCCC(C)=O)COCCC(=O)OCC. The molecule has 0 saturated heterocycles. The monoisotopic (exact) mass is 476 g/mol. The van der Waals surface area contributed by atoms with E-state index in [4.69, 9.17) is 28.4 Å². The lowest BCUT2D eigenvalue weighted by Gasteiger charge is -2.33. The Morgan fingerprint density at radius 2 is 0.848 bits per heavy atom. The van der Waals surface area contributed by atoms with Gasteiger partial charge in [0.05, 0.1) is 84.3 Å². The van der Waals surface area contributed by atoms with E-state index in [1.165, 1.54) is 13.8 Å². The first-order valence-electron chi connectivity index (χ1n) is 11.4. The maximum absolute atomic E-state index is 11.6. The van der Waals surface area contributed by atoms with Crippen LogP contribution in [0.25, 0.3) is 0 Å². The van der Waals surface area contributed by atoms with E-state index in [9.17, 15) is 19.2 Å². The van der Waals surface area contributed by atoms with Crippen molar-refractivity contribution < 1.29 is 47.6 Å². The second-order valence-electron chi connectivity index (χ2n) is 7.72. The van der Waals surface area contributed by atoms with Crippen LogP contribution in [0.2, 0.25) is 0 Å². The number of hydrogen-bond donors (Lipinski definition) is 0. The number of Topliss-reactive ketones (excluding diaryl/α,β-unsaturated/α-hetero) is 2. The lowest BCUT2D eigenvalue weighted by atomic mass is 9.92. The van der Waals surface area contributed by atoms with Crippen LogP contribution in [0.15, 0.2) is 0 Å². The summed E-state index contributed by atoms with van der Waals surface area (Å²) in [5.41, 5.74) is -0.767. The number of rotatable bonds is 22. The quantitative estimate of drug-likeness (QED) is 0.169. The average Bonchev–Trinajstić information content (AvgIpc) is 2.75. The van der Waals surface area contributed by atoms with E-state index in [0.717, 1.165) is 0 Å². The van der Waals surface area contributed by atoms with E-state index in [2.05, 4.69) is 0 Å². The zero-order chi connectivity index (χ0) is 25.0. The van der Waals surface area contributed by atoms with Crippen molar-refractivity contribution in [2.75, 3.05) is 66.1 Å². The minimum Gasteiger partial charge on any atom is -0.466 e. The maximum Gasteiger partial charge on any atom is 0.308 e. The number of carbonyl (C=O) groups excluding carboxylic acids is 4. The van der Waals surface area contributed by atoms with Crippen molar-refractivity contribution in [3.63, 3.8) is 0 Å². The third-order valence-electron chi connectivity index (χ3n) is 4.34. The predicted molar refractivity (Wildman–Crippen MR) is 119 cm³/mol. The lowest BCUT2D eigenvalue weighted by Crippen LogP contribution is -2.42. The zero-order valence-electron chi connectivity index (χ0n) is 20.5. The fourth-order valence-electron chi connectivity index (χ4n) is 2.61. The van der Waals surface area contributed by atoms with Gasteiger partial charge in [-0.2, -0.15) is 0 Å². The second kappa shape index (κ2) is 19.6. The van der Waals surface area contributed by atoms with Crippen molar-refractivity contribution in [2.45, 2.75) is 53.4 Å². The predicted octanol–water partition coefficient (Wildman–Crippen LogP) is 1.90. The first-order chi connectivity index (χ1) is 15.7. The number of carbonyl (C=O) groups is 4. The van der Waals surface area contributed by atoms with Crippen LogP contribution in [0, 0.1) is 5.41 Å². The molecule has 0 aromatic rings. The average molecular weight is 477 g/mol. The summed E-state index contributed by atoms with van der Waals surface area (Å²) in [5, 5.41) is 0. The molecule has 0 aliphatic carbocycles. The number of hydrogen-bond acceptors (Lipinski definition) is 10. The van der Waals surface area contributed by atoms with Crippen LogP contribution in [0.5, 0.6) is 0 Å². The molecule has 0 radical (unpaired) electrons. The molecule has 0 aliphatic rings. The standard InChI is InChI=1S/C23H40O10/c1-5-32-21(26)9-13-30-17-23(15-28-11-7-19(3)24,16-29-12-8-20(4)25)18-31-14-10-22(27)33-6-2/h5-18H2,1-4H3. The molecular formula is C23H40O10. The smallest absolute Gasteiger partial charge is 0.308 e. The lowest BCUT2D eigenvalue weighted by molar-refractivity contribution is -0.146. The molecule has 0 unspecified atom stereocenters. The van der Waals surface area contributed by atoms with Crippen molar-refractivity contribution in [2.24, 2.45) is 5.41 Å². The Balaban J connectivity index is 5.03. The summed E-state index contributed by atoms with van der Waals surface area (Å²) in [6.45, 7) is 8.40. The summed E-state index contributed by atoms with van der Waals surface area (Å²) in [7, 11) is 0. The minimum absolute atomic E-state index is 0.00896. The Morgan fingerprint density at radius 3 is 1.12 bits per heavy atom. The second-order valence-corrected chi connectivity index (χ2v) is 7.72. The highest BCUT2D eigenvalue weighted by molar-refractivity contribution is 5.75. The van der Waals surface area contributed by atoms with Crippen molar-refractivity contribution in [3.8, 4) is 0 Å². The van der Waals surface area contributed by atoms with Crippen LogP contribution < -0.4 is 0 Å². The van der Waals surface area contributed by atoms with E-state index < -0.39 is 5.41 Å². The topological polar surface area (TPSA) is 124 Å². The van der Waals surface area contributed by atoms with Crippen LogP contribution in [0.3, 0.4) is 0 Å². The summed E-state index contributed by atoms with van der Waals surface area (Å²) in [6, 6.07) is 0. The molecule has 0 saturated carbocycles. The molecule has 0 rings (SSSR count). The van der Waals surface area contributed by atoms with E-state index >= 15 is 0 Å². The molecule has 0 amide bonds. The highest BCUT2D eigenvalue weighted by Crippen LogP contribution is 2.21. The van der Waals surface area contributed by atoms with Gasteiger partial charge < -0.3 is 28.4 Å². The number of esters is 2. The fourth-order valence-corrected chi connectivity index (χ4v) is 2.61. The van der Waals surface area contributed by atoms with Gasteiger partial charge in [0.2, 0.25) is 0 Å². The van der Waals surface area contributed by atoms with Gasteiger partial charge >= 0.3 is 11.9 Å². The Labute approximate surface area is 196 Å². The number of ketones is 2. The van der Waals surface area contributed by atoms with E-state index in [1.54, 1.807) is 13.8 Å². The summed E-state index contributed by atoms with van der Waals surface area (Å²) < 4.78 is 32.7. The fraction of sp³-hybridized carbons (Fsp3) is 0.826. The van der Waals surface area contributed by atoms with Gasteiger partial charge in [0.1, 0.15) is 11.6 Å². The van der Waals surface area contributed by atoms with Gasteiger partial charge in [-0.15, -0.1) is 0 Å². The molecule has 0 heterocycles. The highest BCUT2D eigenvalue weighted by atomic mass is 16.5. The Hall–Kier alpha value is -1.88. The van der Waals surface area contributed by atoms with E-state index in [-0.39, 0.29) is 102 Å². The summed E-state index contributed by atoms with van der Waals surface area (Å²) in [4.78, 5) is 45.6. The molecule has 33 heavy (non-hydrogen) atoms. The van der Waals surface area contributed by atoms with Crippen LogP contribution in [0.4, 0.5) is 0 Å². The van der Waals surface area contributed by atoms with Gasteiger partial charge in [-0.25, -0.2) is 0 Å². The third-order valence-corrected chi connectivity index (χ3v) is 4.34. The van der Waals surface area contributed by atoms with Crippen molar-refractivity contribution >= 4 is 23.5 Å². The Bertz CT molecular complexity index is 526. The molecule has 192 valence electrons. The summed E-state index contributed by atoms with van der Waals surface area (Å²) in [6.07, 6.45) is 0.747. The molecular weight excluding hydrogens is 436 g/mol. The Kier molecular flexibility index (Phi) is 18.5. The summed E-state index contributed by atoms with van der Waals surface area (Å²) >= 11 is 0. The Morgan fingerprint density at radius 1 is 0.545 bits per heavy atom. The van der Waals surface area contributed by atoms with E-state index in [0.29, 0.717) is 13.2 Å². The highest BCUT2D eigenvalue weighted by Gasteiger charge is 2.33. The molecule has 0 aromatic heterocycles. The molecule has 0 bridgehead atoms. The molecule has 0 N–H and O–H groups in total. The molecule has 0 spiro atoms. The van der Waals surface area contributed by atoms with Crippen molar-refractivity contribution in [1.29, 1.82) is 0 Å². The normalized spacial score (nSPS) is 11.3. The van der Waals surface area contributed by atoms with Gasteiger partial charge in [-0.05, 0) is 27.7 Å². The zero-order valence-corrected chi connectivity index (χ0v) is 20.5. The minimum atomic E-state index is -0.767. The first-order valence-corrected chi connectivity index (χ1v) is 11.4. The largest absolute Gasteiger partial charge is 0.466 e. The molecule has 0 aliphatic heterocycles. The van der Waals surface area contributed by atoms with Crippen LogP contribution >= 0.6 is 0 Å². The van der Waals surface area contributed by atoms with Crippen LogP contribution in [0.1, 0.15) is 53.4 Å². The van der Waals surface area contributed by atoms with Gasteiger partial charge in [0.15, 0.2) is 0 Å². The van der Waals surface area contributed by atoms with Gasteiger partial charge in [0.25, 0.3) is 0 Å². The van der Waals surface area contributed by atoms with Crippen LogP contribution in [-0.4, -0.2) is 89.6 Å². The molecule has 0 fully saturated rings. The van der Waals surface area contributed by atoms with E-state index in [1.807, 2.05) is 0 Å². The van der Waals surface area contributed by atoms with Crippen LogP contribution in [-0.2, 0) is 47.6 Å². The summed E-state index contributed by atoms with van der Waals surface area (Å²) in [5.74, 6) is -0.697. The van der Waals surface area contributed by atoms with Crippen molar-refractivity contribution in [1.82, 2.24) is 0 Å². The van der Waals surface area contributed by atoms with Gasteiger partial charge in [0, 0.05) is 12.8 Å². The molecule has 0 aromatic carbocycles. The number of ether oxygens (including phenoxy) is 6. The first kappa shape index (κ1) is 31.1. The van der Waals surface area contributed by atoms with Gasteiger partial charge in [-0.1, -0.05) is 0 Å².